The molecule has 0 aliphatic heterocycles. The van der Waals surface area contributed by atoms with E-state index >= 15 is 0 Å². The van der Waals surface area contributed by atoms with E-state index in [9.17, 15) is 9.18 Å². The molecule has 1 aromatic heterocycles. The first-order valence-electron chi connectivity index (χ1n) is 8.97. The Hall–Kier alpha value is -3.38. The fraction of sp³-hybridized carbons (Fsp3) is 0.0909. The summed E-state index contributed by atoms with van der Waals surface area (Å²) >= 11 is 6.15. The lowest BCUT2D eigenvalue weighted by molar-refractivity contribution is -0.116. The van der Waals surface area contributed by atoms with Crippen LogP contribution in [0.3, 0.4) is 0 Å². The van der Waals surface area contributed by atoms with Crippen LogP contribution in [-0.4, -0.2) is 15.5 Å². The van der Waals surface area contributed by atoms with E-state index in [1.165, 1.54) is 12.1 Å². The molecule has 7 heteroatoms. The van der Waals surface area contributed by atoms with Crippen molar-refractivity contribution in [2.45, 2.75) is 13.2 Å². The van der Waals surface area contributed by atoms with Crippen LogP contribution < -0.4 is 10.1 Å². The van der Waals surface area contributed by atoms with Crippen LogP contribution in [0.4, 0.5) is 10.1 Å². The summed E-state index contributed by atoms with van der Waals surface area (Å²) in [6, 6.07) is 20.4. The molecule has 29 heavy (non-hydrogen) atoms. The first-order chi connectivity index (χ1) is 14.1. The number of imidazole rings is 1. The van der Waals surface area contributed by atoms with Gasteiger partial charge in [0.1, 0.15) is 30.5 Å². The van der Waals surface area contributed by atoms with Gasteiger partial charge >= 0.3 is 0 Å². The summed E-state index contributed by atoms with van der Waals surface area (Å²) in [6.07, 6.45) is 0. The highest BCUT2D eigenvalue weighted by Gasteiger charge is 2.15. The van der Waals surface area contributed by atoms with Crippen LogP contribution in [0.2, 0.25) is 5.02 Å². The largest absolute Gasteiger partial charge is 0.484 e. The molecule has 4 rings (SSSR count). The number of halogens is 2. The molecule has 1 heterocycles. The van der Waals surface area contributed by atoms with Crippen LogP contribution in [0.15, 0.2) is 72.8 Å². The zero-order valence-electron chi connectivity index (χ0n) is 15.3. The minimum absolute atomic E-state index is 0.0121. The number of nitrogens with zero attached hydrogens (tertiary/aromatic N) is 2. The zero-order valence-corrected chi connectivity index (χ0v) is 16.1. The van der Waals surface area contributed by atoms with Crippen molar-refractivity contribution in [2.24, 2.45) is 0 Å². The third kappa shape index (κ3) is 4.38. The SMILES string of the molecule is O=C(Cn1c(COc2ccccc2Cl)nc2ccccc21)Nc1cccc(F)c1. The molecular weight excluding hydrogens is 393 g/mol. The molecule has 5 nitrogen and oxygen atoms in total. The summed E-state index contributed by atoms with van der Waals surface area (Å²) in [5.74, 6) is 0.417. The van der Waals surface area contributed by atoms with Crippen LogP contribution >= 0.6 is 11.6 Å². The first kappa shape index (κ1) is 19.0. The summed E-state index contributed by atoms with van der Waals surface area (Å²) in [4.78, 5) is 17.2. The molecule has 0 saturated carbocycles. The number of fused-ring (bicyclic) bond motifs is 1. The van der Waals surface area contributed by atoms with Crippen LogP contribution in [0.25, 0.3) is 11.0 Å². The number of carbonyl (C=O) groups excluding carboxylic acids is 1. The topological polar surface area (TPSA) is 56.2 Å². The van der Waals surface area contributed by atoms with Crippen molar-refractivity contribution in [3.63, 3.8) is 0 Å². The highest BCUT2D eigenvalue weighted by Crippen LogP contribution is 2.25. The zero-order chi connectivity index (χ0) is 20.2. The molecule has 0 fully saturated rings. The molecule has 0 atom stereocenters. The van der Waals surface area contributed by atoms with Crippen molar-refractivity contribution >= 4 is 34.2 Å². The first-order valence-corrected chi connectivity index (χ1v) is 9.35. The Kier molecular flexibility index (Phi) is 5.44. The van der Waals surface area contributed by atoms with E-state index in [1.54, 1.807) is 28.8 Å². The Balaban J connectivity index is 1.58. The summed E-state index contributed by atoms with van der Waals surface area (Å²) in [7, 11) is 0. The number of benzene rings is 3. The average Bonchev–Trinajstić information content (AvgIpc) is 3.05. The van der Waals surface area contributed by atoms with Crippen molar-refractivity contribution in [3.8, 4) is 5.75 Å². The van der Waals surface area contributed by atoms with Crippen molar-refractivity contribution in [2.75, 3.05) is 5.32 Å². The molecular formula is C22H17ClFN3O2. The molecule has 0 aliphatic carbocycles. The number of para-hydroxylation sites is 3. The van der Waals surface area contributed by atoms with Gasteiger partial charge < -0.3 is 14.6 Å². The number of hydrogen-bond donors (Lipinski definition) is 1. The molecule has 0 radical (unpaired) electrons. The minimum Gasteiger partial charge on any atom is -0.484 e. The van der Waals surface area contributed by atoms with E-state index in [1.807, 2.05) is 36.4 Å². The molecule has 4 aromatic rings. The Bertz CT molecular complexity index is 1180. The van der Waals surface area contributed by atoms with Gasteiger partial charge in [-0.15, -0.1) is 0 Å². The molecule has 146 valence electrons. The number of hydrogen-bond acceptors (Lipinski definition) is 3. The summed E-state index contributed by atoms with van der Waals surface area (Å²) < 4.78 is 21.0. The number of carbonyl (C=O) groups is 1. The Labute approximate surface area is 171 Å². The fourth-order valence-corrected chi connectivity index (χ4v) is 3.22. The number of rotatable bonds is 6. The quantitative estimate of drug-likeness (QED) is 0.485. The maximum absolute atomic E-state index is 13.4. The lowest BCUT2D eigenvalue weighted by atomic mass is 10.3. The Morgan fingerprint density at radius 1 is 1.07 bits per heavy atom. The third-order valence-corrected chi connectivity index (χ3v) is 4.65. The van der Waals surface area contributed by atoms with E-state index in [4.69, 9.17) is 16.3 Å². The molecule has 1 amide bonds. The van der Waals surface area contributed by atoms with Crippen LogP contribution in [0.1, 0.15) is 5.82 Å². The Morgan fingerprint density at radius 3 is 2.69 bits per heavy atom. The smallest absolute Gasteiger partial charge is 0.244 e. The number of ether oxygens (including phenoxy) is 1. The number of nitrogens with one attached hydrogen (secondary N) is 1. The molecule has 0 spiro atoms. The van der Waals surface area contributed by atoms with Crippen molar-refractivity contribution in [1.82, 2.24) is 9.55 Å². The van der Waals surface area contributed by atoms with Gasteiger partial charge in [-0.1, -0.05) is 41.9 Å². The van der Waals surface area contributed by atoms with Crippen LogP contribution in [0.5, 0.6) is 5.75 Å². The van der Waals surface area contributed by atoms with Gasteiger partial charge in [-0.3, -0.25) is 4.79 Å². The van der Waals surface area contributed by atoms with Crippen LogP contribution in [0, 0.1) is 5.82 Å². The van der Waals surface area contributed by atoms with Gasteiger partial charge in [0.15, 0.2) is 0 Å². The maximum Gasteiger partial charge on any atom is 0.244 e. The normalized spacial score (nSPS) is 10.8. The van der Waals surface area contributed by atoms with Crippen LogP contribution in [-0.2, 0) is 17.9 Å². The van der Waals surface area contributed by atoms with Gasteiger partial charge in [0, 0.05) is 5.69 Å². The standard InChI is InChI=1S/C22H17ClFN3O2/c23-17-8-1-4-11-20(17)29-14-21-26-18-9-2-3-10-19(18)27(21)13-22(28)25-16-7-5-6-15(24)12-16/h1-12H,13-14H2,(H,25,28). The second-order valence-corrected chi connectivity index (χ2v) is 6.79. The average molecular weight is 410 g/mol. The Morgan fingerprint density at radius 2 is 1.86 bits per heavy atom. The second kappa shape index (κ2) is 8.32. The van der Waals surface area contributed by atoms with Crippen molar-refractivity contribution in [3.05, 3.63) is 89.5 Å². The van der Waals surface area contributed by atoms with E-state index in [-0.39, 0.29) is 19.1 Å². The van der Waals surface area contributed by atoms with E-state index in [0.717, 1.165) is 11.0 Å². The van der Waals surface area contributed by atoms with Gasteiger partial charge in [-0.05, 0) is 42.5 Å². The van der Waals surface area contributed by atoms with Gasteiger partial charge in [-0.25, -0.2) is 9.37 Å². The number of anilines is 1. The van der Waals surface area contributed by atoms with E-state index in [0.29, 0.717) is 22.3 Å². The van der Waals surface area contributed by atoms with E-state index in [2.05, 4.69) is 10.3 Å². The van der Waals surface area contributed by atoms with Gasteiger partial charge in [0.05, 0.1) is 16.1 Å². The summed E-state index contributed by atoms with van der Waals surface area (Å²) in [6.45, 7) is 0.157. The molecule has 0 aliphatic rings. The lowest BCUT2D eigenvalue weighted by Gasteiger charge is -2.12. The molecule has 0 bridgehead atoms. The fourth-order valence-electron chi connectivity index (χ4n) is 3.03. The number of amides is 1. The molecule has 0 unspecified atom stereocenters. The molecule has 1 N–H and O–H groups in total. The summed E-state index contributed by atoms with van der Waals surface area (Å²) in [5, 5.41) is 3.21. The van der Waals surface area contributed by atoms with Gasteiger partial charge in [-0.2, -0.15) is 0 Å². The van der Waals surface area contributed by atoms with Crippen molar-refractivity contribution in [1.29, 1.82) is 0 Å². The van der Waals surface area contributed by atoms with E-state index < -0.39 is 5.82 Å². The van der Waals surface area contributed by atoms with Crippen molar-refractivity contribution < 1.29 is 13.9 Å². The monoisotopic (exact) mass is 409 g/mol. The third-order valence-electron chi connectivity index (χ3n) is 4.34. The minimum atomic E-state index is -0.412. The lowest BCUT2D eigenvalue weighted by Crippen LogP contribution is -2.20. The van der Waals surface area contributed by atoms with Gasteiger partial charge in [0.25, 0.3) is 0 Å². The highest BCUT2D eigenvalue weighted by atomic mass is 35.5. The number of aromatic nitrogens is 2. The predicted octanol–water partition coefficient (Wildman–Crippen LogP) is 5.05. The predicted molar refractivity (Wildman–Crippen MR) is 111 cm³/mol. The van der Waals surface area contributed by atoms with Gasteiger partial charge in [0.2, 0.25) is 5.91 Å². The molecule has 3 aromatic carbocycles. The second-order valence-electron chi connectivity index (χ2n) is 6.38. The molecule has 0 saturated heterocycles. The highest BCUT2D eigenvalue weighted by molar-refractivity contribution is 6.32. The summed E-state index contributed by atoms with van der Waals surface area (Å²) in [5.41, 5.74) is 1.96. The maximum atomic E-state index is 13.4.